The van der Waals surface area contributed by atoms with E-state index in [0.29, 0.717) is 11.2 Å². The quantitative estimate of drug-likeness (QED) is 0.695. The van der Waals surface area contributed by atoms with Crippen LogP contribution in [0, 0.1) is 0 Å². The van der Waals surface area contributed by atoms with Crippen molar-refractivity contribution in [3.8, 4) is 0 Å². The summed E-state index contributed by atoms with van der Waals surface area (Å²) in [6.07, 6.45) is -0.0119. The number of hydrogen-bond donors (Lipinski definition) is 3. The van der Waals surface area contributed by atoms with Crippen LogP contribution in [0.2, 0.25) is 0 Å². The number of imidazole rings is 1. The lowest BCUT2D eigenvalue weighted by atomic mass is 10.1. The molecule has 0 radical (unpaired) electrons. The highest BCUT2D eigenvalue weighted by molar-refractivity contribution is 8.00. The number of alkyl halides is 1. The Labute approximate surface area is 111 Å². The monoisotopic (exact) mass is 285 g/mol. The largest absolute Gasteiger partial charge is 0.395 e. The molecule has 1 saturated heterocycles. The van der Waals surface area contributed by atoms with E-state index in [9.17, 15) is 9.50 Å². The van der Waals surface area contributed by atoms with Crippen molar-refractivity contribution in [1.29, 1.82) is 0 Å². The van der Waals surface area contributed by atoms with Gasteiger partial charge in [-0.05, 0) is 0 Å². The smallest absolute Gasteiger partial charge is 0.166 e. The fourth-order valence-corrected chi connectivity index (χ4v) is 3.49. The van der Waals surface area contributed by atoms with Gasteiger partial charge in [-0.1, -0.05) is 0 Å². The van der Waals surface area contributed by atoms with Gasteiger partial charge in [0.25, 0.3) is 0 Å². The van der Waals surface area contributed by atoms with Crippen LogP contribution in [-0.2, 0) is 0 Å². The third kappa shape index (κ3) is 1.85. The van der Waals surface area contributed by atoms with Crippen molar-refractivity contribution >= 4 is 28.7 Å². The first kappa shape index (κ1) is 12.6. The van der Waals surface area contributed by atoms with Crippen LogP contribution in [0.5, 0.6) is 0 Å². The fraction of sp³-hybridized carbons (Fsp3) is 0.500. The molecule has 4 atom stereocenters. The summed E-state index contributed by atoms with van der Waals surface area (Å²) in [7, 11) is 0. The molecule has 3 rings (SSSR count). The maximum absolute atomic E-state index is 14.1. The number of aliphatic hydroxyl groups is 2. The standard InChI is InChI=1S/C10H12FN5O2S/c11-5-7(18)4(1-17)19-10(5)16-3-15-6-8(12)13-2-14-9(6)16/h2-5,7,10,17-18H,1H2,(H2,12,13,14)/t4-,5+,7-,10-/m0/s1. The minimum Gasteiger partial charge on any atom is -0.395 e. The molecular weight excluding hydrogens is 273 g/mol. The molecule has 1 fully saturated rings. The Kier molecular flexibility index (Phi) is 3.03. The molecule has 4 N–H and O–H groups in total. The first-order valence-electron chi connectivity index (χ1n) is 5.65. The maximum Gasteiger partial charge on any atom is 0.166 e. The van der Waals surface area contributed by atoms with Crippen LogP contribution in [0.25, 0.3) is 11.2 Å². The van der Waals surface area contributed by atoms with Crippen LogP contribution in [0.3, 0.4) is 0 Å². The Hall–Kier alpha value is -1.45. The number of nitrogens with two attached hydrogens (primary N) is 1. The molecule has 1 aliphatic heterocycles. The van der Waals surface area contributed by atoms with Crippen LogP contribution in [-0.4, -0.2) is 53.9 Å². The van der Waals surface area contributed by atoms with Crippen molar-refractivity contribution in [2.75, 3.05) is 12.3 Å². The molecule has 2 aromatic heterocycles. The average molecular weight is 285 g/mol. The molecule has 0 unspecified atom stereocenters. The van der Waals surface area contributed by atoms with E-state index in [-0.39, 0.29) is 12.4 Å². The van der Waals surface area contributed by atoms with E-state index < -0.39 is 22.9 Å². The SMILES string of the molecule is Nc1ncnc2c1ncn2[C@H]1S[C@@H](CO)[C@H](O)[C@H]1F. The maximum atomic E-state index is 14.1. The lowest BCUT2D eigenvalue weighted by Gasteiger charge is -2.14. The number of anilines is 1. The predicted octanol–water partition coefficient (Wildman–Crippen LogP) is -0.286. The van der Waals surface area contributed by atoms with E-state index in [1.807, 2.05) is 0 Å². The Morgan fingerprint density at radius 2 is 2.21 bits per heavy atom. The number of rotatable bonds is 2. The van der Waals surface area contributed by atoms with Gasteiger partial charge in [-0.2, -0.15) is 0 Å². The Morgan fingerprint density at radius 1 is 1.42 bits per heavy atom. The van der Waals surface area contributed by atoms with Gasteiger partial charge in [-0.25, -0.2) is 19.3 Å². The van der Waals surface area contributed by atoms with Crippen molar-refractivity contribution in [2.24, 2.45) is 0 Å². The van der Waals surface area contributed by atoms with Gasteiger partial charge in [-0.15, -0.1) is 11.8 Å². The molecule has 0 bridgehead atoms. The third-order valence-corrected chi connectivity index (χ3v) is 4.68. The number of nitrogens with zero attached hydrogens (tertiary/aromatic N) is 4. The number of aromatic nitrogens is 4. The van der Waals surface area contributed by atoms with Crippen molar-refractivity contribution in [1.82, 2.24) is 19.5 Å². The van der Waals surface area contributed by atoms with E-state index in [1.165, 1.54) is 17.2 Å². The number of aliphatic hydroxyl groups excluding tert-OH is 2. The first-order chi connectivity index (χ1) is 9.13. The van der Waals surface area contributed by atoms with Crippen LogP contribution in [0.15, 0.2) is 12.7 Å². The molecule has 1 aliphatic rings. The van der Waals surface area contributed by atoms with E-state index >= 15 is 0 Å². The zero-order chi connectivity index (χ0) is 13.6. The fourth-order valence-electron chi connectivity index (χ4n) is 2.13. The number of nitrogen functional groups attached to an aromatic ring is 1. The topological polar surface area (TPSA) is 110 Å². The molecule has 2 aromatic rings. The van der Waals surface area contributed by atoms with Gasteiger partial charge >= 0.3 is 0 Å². The second kappa shape index (κ2) is 4.58. The molecular formula is C10H12FN5O2S. The number of halogens is 1. The molecule has 0 aromatic carbocycles. The van der Waals surface area contributed by atoms with Gasteiger partial charge in [0.2, 0.25) is 0 Å². The van der Waals surface area contributed by atoms with Crippen molar-refractivity contribution in [3.63, 3.8) is 0 Å². The molecule has 0 aliphatic carbocycles. The van der Waals surface area contributed by atoms with Crippen molar-refractivity contribution in [3.05, 3.63) is 12.7 Å². The van der Waals surface area contributed by atoms with E-state index in [1.54, 1.807) is 0 Å². The lowest BCUT2D eigenvalue weighted by Crippen LogP contribution is -2.29. The van der Waals surface area contributed by atoms with Crippen molar-refractivity contribution in [2.45, 2.75) is 22.9 Å². The summed E-state index contributed by atoms with van der Waals surface area (Å²) in [4.78, 5) is 11.9. The average Bonchev–Trinajstić information content (AvgIpc) is 2.94. The summed E-state index contributed by atoms with van der Waals surface area (Å²) in [5, 5.41) is 17.6. The summed E-state index contributed by atoms with van der Waals surface area (Å²) in [6, 6.07) is 0. The number of hydrogen-bond acceptors (Lipinski definition) is 7. The minimum absolute atomic E-state index is 0.224. The van der Waals surface area contributed by atoms with Crippen LogP contribution >= 0.6 is 11.8 Å². The normalized spacial score (nSPS) is 31.1. The molecule has 3 heterocycles. The van der Waals surface area contributed by atoms with E-state index in [0.717, 1.165) is 11.8 Å². The van der Waals surface area contributed by atoms with Crippen LogP contribution in [0.1, 0.15) is 5.37 Å². The van der Waals surface area contributed by atoms with Gasteiger partial charge in [0.05, 0.1) is 18.2 Å². The first-order valence-corrected chi connectivity index (χ1v) is 6.59. The lowest BCUT2D eigenvalue weighted by molar-refractivity contribution is 0.0642. The molecule has 19 heavy (non-hydrogen) atoms. The molecule has 102 valence electrons. The summed E-state index contributed by atoms with van der Waals surface area (Å²) >= 11 is 1.15. The summed E-state index contributed by atoms with van der Waals surface area (Å²) in [5.41, 5.74) is 6.48. The molecule has 0 amide bonds. The van der Waals surface area contributed by atoms with E-state index in [4.69, 9.17) is 10.8 Å². The Morgan fingerprint density at radius 3 is 2.89 bits per heavy atom. The van der Waals surface area contributed by atoms with Gasteiger partial charge in [-0.3, -0.25) is 4.57 Å². The molecule has 9 heteroatoms. The van der Waals surface area contributed by atoms with Gasteiger partial charge in [0, 0.05) is 0 Å². The van der Waals surface area contributed by atoms with Crippen LogP contribution in [0.4, 0.5) is 10.2 Å². The second-order valence-electron chi connectivity index (χ2n) is 4.27. The van der Waals surface area contributed by atoms with Gasteiger partial charge < -0.3 is 15.9 Å². The molecule has 0 spiro atoms. The third-order valence-electron chi connectivity index (χ3n) is 3.13. The highest BCUT2D eigenvalue weighted by atomic mass is 32.2. The zero-order valence-corrected chi connectivity index (χ0v) is 10.5. The Balaban J connectivity index is 2.04. The second-order valence-corrected chi connectivity index (χ2v) is 5.63. The highest BCUT2D eigenvalue weighted by Crippen LogP contribution is 2.44. The highest BCUT2D eigenvalue weighted by Gasteiger charge is 2.44. The van der Waals surface area contributed by atoms with Crippen LogP contribution < -0.4 is 5.73 Å². The van der Waals surface area contributed by atoms with E-state index in [2.05, 4.69) is 15.0 Å². The number of fused-ring (bicyclic) bond motifs is 1. The molecule has 7 nitrogen and oxygen atoms in total. The number of thioether (sulfide) groups is 1. The zero-order valence-electron chi connectivity index (χ0n) is 9.72. The van der Waals surface area contributed by atoms with Gasteiger partial charge in [0.15, 0.2) is 17.6 Å². The molecule has 0 saturated carbocycles. The van der Waals surface area contributed by atoms with Gasteiger partial charge in [0.1, 0.15) is 23.3 Å². The predicted molar refractivity (Wildman–Crippen MR) is 68.1 cm³/mol. The summed E-state index contributed by atoms with van der Waals surface area (Å²) < 4.78 is 15.6. The van der Waals surface area contributed by atoms with Crippen molar-refractivity contribution < 1.29 is 14.6 Å². The minimum atomic E-state index is -1.50. The summed E-state index contributed by atoms with van der Waals surface area (Å²) in [6.45, 7) is -0.285. The Bertz CT molecular complexity index is 609. The summed E-state index contributed by atoms with van der Waals surface area (Å²) in [5.74, 6) is 0.224.